The highest BCUT2D eigenvalue weighted by molar-refractivity contribution is 6.24. The number of benzene rings is 12. The first kappa shape index (κ1) is 37.3. The summed E-state index contributed by atoms with van der Waals surface area (Å²) in [5.41, 5.74) is 19.1. The van der Waals surface area contributed by atoms with E-state index in [1.807, 2.05) is 0 Å². The fraction of sp³-hybridized carbons (Fsp3) is 0.0154. The summed E-state index contributed by atoms with van der Waals surface area (Å²) < 4.78 is 0. The van der Waals surface area contributed by atoms with Crippen molar-refractivity contribution in [1.82, 2.24) is 0 Å². The zero-order valence-electron chi connectivity index (χ0n) is 35.7. The average Bonchev–Trinajstić information content (AvgIpc) is 3.71. The Balaban J connectivity index is 1.02. The van der Waals surface area contributed by atoms with E-state index in [0.29, 0.717) is 0 Å². The normalized spacial score (nSPS) is 13.1. The molecule has 302 valence electrons. The molecule has 13 rings (SSSR count). The summed E-state index contributed by atoms with van der Waals surface area (Å²) in [5, 5.41) is 10.1. The van der Waals surface area contributed by atoms with Crippen molar-refractivity contribution in [1.29, 1.82) is 0 Å². The second-order valence-corrected chi connectivity index (χ2v) is 17.5. The van der Waals surface area contributed by atoms with Crippen LogP contribution in [-0.2, 0) is 0 Å². The molecule has 0 fully saturated rings. The van der Waals surface area contributed by atoms with E-state index in [2.05, 4.69) is 249 Å². The molecule has 0 heteroatoms. The van der Waals surface area contributed by atoms with Gasteiger partial charge >= 0.3 is 0 Å². The number of rotatable bonds is 6. The van der Waals surface area contributed by atoms with Gasteiger partial charge in [0.05, 0.1) is 0 Å². The van der Waals surface area contributed by atoms with Gasteiger partial charge < -0.3 is 0 Å². The molecule has 0 amide bonds. The lowest BCUT2D eigenvalue weighted by molar-refractivity contribution is 1.03. The molecule has 0 heterocycles. The topological polar surface area (TPSA) is 0 Å². The van der Waals surface area contributed by atoms with Crippen LogP contribution in [0.3, 0.4) is 0 Å². The lowest BCUT2D eigenvalue weighted by Crippen LogP contribution is -2.00. The molecule has 12 aromatic carbocycles. The van der Waals surface area contributed by atoms with Crippen LogP contribution in [0.15, 0.2) is 249 Å². The second-order valence-electron chi connectivity index (χ2n) is 17.5. The molecule has 1 aliphatic rings. The lowest BCUT2D eigenvalue weighted by atomic mass is 9.82. The monoisotopic (exact) mass is 822 g/mol. The summed E-state index contributed by atoms with van der Waals surface area (Å²) in [5.74, 6) is 0.131. The highest BCUT2D eigenvalue weighted by atomic mass is 14.3. The number of fused-ring (bicyclic) bond motifs is 7. The lowest BCUT2D eigenvalue weighted by Gasteiger charge is -2.21. The first-order chi connectivity index (χ1) is 32.3. The molecule has 0 nitrogen and oxygen atoms in total. The van der Waals surface area contributed by atoms with E-state index < -0.39 is 0 Å². The molecule has 0 aromatic heterocycles. The summed E-state index contributed by atoms with van der Waals surface area (Å²) >= 11 is 0. The van der Waals surface area contributed by atoms with E-state index in [9.17, 15) is 0 Å². The molecule has 65 heavy (non-hydrogen) atoms. The van der Waals surface area contributed by atoms with Gasteiger partial charge in [-0.2, -0.15) is 0 Å². The zero-order valence-corrected chi connectivity index (χ0v) is 35.7. The second kappa shape index (κ2) is 15.2. The molecule has 0 spiro atoms. The molecule has 0 saturated heterocycles. The van der Waals surface area contributed by atoms with E-state index in [1.54, 1.807) is 0 Å². The Morgan fingerprint density at radius 1 is 0.200 bits per heavy atom. The highest BCUT2D eigenvalue weighted by Crippen LogP contribution is 2.52. The molecule has 0 N–H and O–H groups in total. The van der Waals surface area contributed by atoms with Crippen LogP contribution in [0.4, 0.5) is 0 Å². The fourth-order valence-electron chi connectivity index (χ4n) is 11.1. The van der Waals surface area contributed by atoms with E-state index in [1.165, 1.54) is 127 Å². The highest BCUT2D eigenvalue weighted by Gasteiger charge is 2.31. The molecule has 12 aromatic rings. The third-order valence-electron chi connectivity index (χ3n) is 13.9. The SMILES string of the molecule is c1ccc(-c2cc(-c3ccccc3)cc(-c3ccc(-c4c5ccccc5c(-c5ccc6c(c5)C(c5cccc7ccccc57)c5ccccc5-6)c5ccccc45)c4ccccc34)c2)cc1. The van der Waals surface area contributed by atoms with Crippen LogP contribution in [0.25, 0.3) is 110 Å². The van der Waals surface area contributed by atoms with Crippen molar-refractivity contribution >= 4 is 43.1 Å². The van der Waals surface area contributed by atoms with Crippen molar-refractivity contribution in [3.63, 3.8) is 0 Å². The molecule has 1 atom stereocenters. The summed E-state index contributed by atoms with van der Waals surface area (Å²) in [6, 6.07) is 92.4. The molecular formula is C65H42. The number of hydrogen-bond acceptors (Lipinski definition) is 0. The van der Waals surface area contributed by atoms with Gasteiger partial charge in [-0.25, -0.2) is 0 Å². The van der Waals surface area contributed by atoms with Gasteiger partial charge in [0.1, 0.15) is 0 Å². The van der Waals surface area contributed by atoms with Gasteiger partial charge in [-0.05, 0) is 151 Å². The van der Waals surface area contributed by atoms with Crippen LogP contribution < -0.4 is 0 Å². The molecule has 1 unspecified atom stereocenters. The Hall–Kier alpha value is -8.32. The van der Waals surface area contributed by atoms with E-state index in [-0.39, 0.29) is 5.92 Å². The smallest absolute Gasteiger partial charge is 0.0358 e. The minimum Gasteiger partial charge on any atom is -0.0622 e. The maximum atomic E-state index is 2.51. The molecular weight excluding hydrogens is 781 g/mol. The van der Waals surface area contributed by atoms with Gasteiger partial charge in [0.15, 0.2) is 0 Å². The Morgan fingerprint density at radius 2 is 0.646 bits per heavy atom. The quantitative estimate of drug-likeness (QED) is 0.147. The molecule has 0 saturated carbocycles. The van der Waals surface area contributed by atoms with Crippen LogP contribution in [-0.4, -0.2) is 0 Å². The van der Waals surface area contributed by atoms with E-state index in [0.717, 1.165) is 0 Å². The first-order valence-corrected chi connectivity index (χ1v) is 22.7. The minimum absolute atomic E-state index is 0.131. The van der Waals surface area contributed by atoms with E-state index >= 15 is 0 Å². The predicted molar refractivity (Wildman–Crippen MR) is 276 cm³/mol. The molecule has 1 aliphatic carbocycles. The van der Waals surface area contributed by atoms with Gasteiger partial charge in [0, 0.05) is 5.92 Å². The van der Waals surface area contributed by atoms with Crippen molar-refractivity contribution < 1.29 is 0 Å². The van der Waals surface area contributed by atoms with Gasteiger partial charge in [0.2, 0.25) is 0 Å². The summed E-state index contributed by atoms with van der Waals surface area (Å²) in [6.45, 7) is 0. The average molecular weight is 823 g/mol. The predicted octanol–water partition coefficient (Wildman–Crippen LogP) is 17.8. The molecule has 0 aliphatic heterocycles. The van der Waals surface area contributed by atoms with Gasteiger partial charge in [-0.3, -0.25) is 0 Å². The minimum atomic E-state index is 0.131. The van der Waals surface area contributed by atoms with Crippen molar-refractivity contribution in [2.75, 3.05) is 0 Å². The van der Waals surface area contributed by atoms with Crippen LogP contribution in [0, 0.1) is 0 Å². The third kappa shape index (κ3) is 6.06. The van der Waals surface area contributed by atoms with Gasteiger partial charge in [0.25, 0.3) is 0 Å². The Morgan fingerprint density at radius 3 is 1.31 bits per heavy atom. The van der Waals surface area contributed by atoms with Crippen molar-refractivity contribution in [3.8, 4) is 66.8 Å². The zero-order chi connectivity index (χ0) is 42.8. The van der Waals surface area contributed by atoms with Crippen LogP contribution in [0.5, 0.6) is 0 Å². The van der Waals surface area contributed by atoms with Crippen LogP contribution in [0.1, 0.15) is 22.6 Å². The Bertz CT molecular complexity index is 3700. The van der Waals surface area contributed by atoms with Crippen LogP contribution in [0.2, 0.25) is 0 Å². The summed E-state index contributed by atoms with van der Waals surface area (Å²) in [4.78, 5) is 0. The summed E-state index contributed by atoms with van der Waals surface area (Å²) in [6.07, 6.45) is 0. The maximum Gasteiger partial charge on any atom is 0.0358 e. The van der Waals surface area contributed by atoms with Gasteiger partial charge in [-0.1, -0.05) is 224 Å². The van der Waals surface area contributed by atoms with Crippen molar-refractivity contribution in [2.45, 2.75) is 5.92 Å². The largest absolute Gasteiger partial charge is 0.0622 e. The van der Waals surface area contributed by atoms with E-state index in [4.69, 9.17) is 0 Å². The standard InChI is InChI=1S/C65H42/c1-3-18-42(19-4-1)46-38-47(43-20-5-2-6-21-43)40-48(39-46)50-36-37-61(52-26-10-9-25-51(50)52)64-59-31-15-13-29-57(59)63(58-30-14-16-32-60(58)64)45-34-35-54-53-27-11-12-28-56(53)65(62(54)41-45)55-33-17-23-44-22-7-8-24-49(44)55/h1-41,65H. The first-order valence-electron chi connectivity index (χ1n) is 22.7. The summed E-state index contributed by atoms with van der Waals surface area (Å²) in [7, 11) is 0. The van der Waals surface area contributed by atoms with Crippen molar-refractivity contribution in [2.24, 2.45) is 0 Å². The van der Waals surface area contributed by atoms with Crippen LogP contribution >= 0.6 is 0 Å². The van der Waals surface area contributed by atoms with Crippen molar-refractivity contribution in [3.05, 3.63) is 265 Å². The Labute approximate surface area is 379 Å². The molecule has 0 bridgehead atoms. The maximum absolute atomic E-state index is 2.51. The fourth-order valence-corrected chi connectivity index (χ4v) is 11.1. The molecule has 0 radical (unpaired) electrons. The Kier molecular flexibility index (Phi) is 8.71. The number of hydrogen-bond donors (Lipinski definition) is 0. The third-order valence-corrected chi connectivity index (χ3v) is 13.9. The van der Waals surface area contributed by atoms with Gasteiger partial charge in [-0.15, -0.1) is 0 Å².